The van der Waals surface area contributed by atoms with Gasteiger partial charge < -0.3 is 5.32 Å². The summed E-state index contributed by atoms with van der Waals surface area (Å²) in [6, 6.07) is 0.684. The summed E-state index contributed by atoms with van der Waals surface area (Å²) in [4.78, 5) is 2.82. The average Bonchev–Trinajstić information content (AvgIpc) is 3.04. The normalized spacial score (nSPS) is 25.9. The summed E-state index contributed by atoms with van der Waals surface area (Å²) in [5.74, 6) is 0.982. The minimum absolute atomic E-state index is 0.359. The van der Waals surface area contributed by atoms with Crippen molar-refractivity contribution >= 4 is 0 Å². The molecule has 2 aliphatic rings. The van der Waals surface area contributed by atoms with E-state index < -0.39 is 0 Å². The Kier molecular flexibility index (Phi) is 7.01. The van der Waals surface area contributed by atoms with Crippen LogP contribution in [0.5, 0.6) is 0 Å². The largest absolute Gasteiger partial charge is 0.312 e. The third-order valence-corrected chi connectivity index (χ3v) is 6.23. The van der Waals surface area contributed by atoms with E-state index in [-0.39, 0.29) is 0 Å². The monoisotopic (exact) mass is 294 g/mol. The molecule has 0 amide bonds. The fourth-order valence-electron chi connectivity index (χ4n) is 4.55. The van der Waals surface area contributed by atoms with Gasteiger partial charge in [-0.05, 0) is 64.6 Å². The highest BCUT2D eigenvalue weighted by molar-refractivity contribution is 4.98. The molecule has 2 fully saturated rings. The SMILES string of the molecule is CCCNC(CC1CCCC1)C(C)(CC)N1CCCCC1. The summed E-state index contributed by atoms with van der Waals surface area (Å²) in [7, 11) is 0. The molecule has 1 N–H and O–H groups in total. The average molecular weight is 295 g/mol. The van der Waals surface area contributed by atoms with Gasteiger partial charge in [0.15, 0.2) is 0 Å². The van der Waals surface area contributed by atoms with Crippen LogP contribution in [0.1, 0.15) is 85.0 Å². The van der Waals surface area contributed by atoms with Crippen LogP contribution in [0.25, 0.3) is 0 Å². The molecule has 124 valence electrons. The van der Waals surface area contributed by atoms with E-state index in [4.69, 9.17) is 0 Å². The molecule has 1 saturated heterocycles. The van der Waals surface area contributed by atoms with E-state index in [9.17, 15) is 0 Å². The van der Waals surface area contributed by atoms with E-state index in [1.165, 1.54) is 83.8 Å². The van der Waals surface area contributed by atoms with Crippen LogP contribution in [0.2, 0.25) is 0 Å². The number of rotatable bonds is 8. The van der Waals surface area contributed by atoms with Crippen molar-refractivity contribution in [3.63, 3.8) is 0 Å². The fraction of sp³-hybridized carbons (Fsp3) is 1.00. The maximum absolute atomic E-state index is 3.94. The van der Waals surface area contributed by atoms with E-state index in [0.717, 1.165) is 5.92 Å². The first-order valence-corrected chi connectivity index (χ1v) is 9.69. The van der Waals surface area contributed by atoms with Crippen LogP contribution in [0.3, 0.4) is 0 Å². The number of piperidine rings is 1. The van der Waals surface area contributed by atoms with Crippen molar-refractivity contribution < 1.29 is 0 Å². The second-order valence-electron chi connectivity index (χ2n) is 7.65. The molecule has 1 saturated carbocycles. The molecule has 0 bridgehead atoms. The zero-order valence-electron chi connectivity index (χ0n) is 14.8. The Bertz CT molecular complexity index is 279. The van der Waals surface area contributed by atoms with Gasteiger partial charge in [-0.25, -0.2) is 0 Å². The van der Waals surface area contributed by atoms with E-state index >= 15 is 0 Å². The summed E-state index contributed by atoms with van der Waals surface area (Å²) in [5.41, 5.74) is 0.359. The summed E-state index contributed by atoms with van der Waals surface area (Å²) in [6.07, 6.45) is 14.1. The van der Waals surface area contributed by atoms with E-state index in [2.05, 4.69) is 31.0 Å². The highest BCUT2D eigenvalue weighted by atomic mass is 15.2. The van der Waals surface area contributed by atoms with Gasteiger partial charge in [0, 0.05) is 11.6 Å². The maximum Gasteiger partial charge on any atom is 0.0331 e. The number of nitrogens with zero attached hydrogens (tertiary/aromatic N) is 1. The second kappa shape index (κ2) is 8.53. The molecule has 2 nitrogen and oxygen atoms in total. The Morgan fingerprint density at radius 2 is 1.71 bits per heavy atom. The first kappa shape index (κ1) is 17.3. The van der Waals surface area contributed by atoms with Crippen LogP contribution in [0, 0.1) is 5.92 Å². The Morgan fingerprint density at radius 3 is 2.29 bits per heavy atom. The Balaban J connectivity index is 2.05. The van der Waals surface area contributed by atoms with Gasteiger partial charge >= 0.3 is 0 Å². The third-order valence-electron chi connectivity index (χ3n) is 6.23. The molecule has 21 heavy (non-hydrogen) atoms. The van der Waals surface area contributed by atoms with Gasteiger partial charge in [0.25, 0.3) is 0 Å². The van der Waals surface area contributed by atoms with E-state index in [1.54, 1.807) is 0 Å². The molecule has 2 unspecified atom stereocenters. The maximum atomic E-state index is 3.94. The summed E-state index contributed by atoms with van der Waals surface area (Å²) >= 11 is 0. The molecule has 0 aromatic heterocycles. The quantitative estimate of drug-likeness (QED) is 0.704. The number of hydrogen-bond donors (Lipinski definition) is 1. The van der Waals surface area contributed by atoms with Crippen LogP contribution in [0.4, 0.5) is 0 Å². The lowest BCUT2D eigenvalue weighted by atomic mass is 9.80. The van der Waals surface area contributed by atoms with Gasteiger partial charge in [0.2, 0.25) is 0 Å². The molecule has 2 heteroatoms. The topological polar surface area (TPSA) is 15.3 Å². The molecule has 1 aliphatic carbocycles. The second-order valence-corrected chi connectivity index (χ2v) is 7.65. The molecule has 0 aromatic carbocycles. The van der Waals surface area contributed by atoms with Gasteiger partial charge in [-0.15, -0.1) is 0 Å². The molecular formula is C19H38N2. The molecule has 0 spiro atoms. The van der Waals surface area contributed by atoms with Crippen LogP contribution < -0.4 is 5.32 Å². The van der Waals surface area contributed by atoms with Gasteiger partial charge in [0.05, 0.1) is 0 Å². The lowest BCUT2D eigenvalue weighted by Gasteiger charge is -2.49. The predicted molar refractivity (Wildman–Crippen MR) is 92.8 cm³/mol. The Labute approximate surface area is 133 Å². The standard InChI is InChI=1S/C19H38N2/c1-4-13-20-18(16-17-11-7-8-12-17)19(3,5-2)21-14-9-6-10-15-21/h17-18,20H,4-16H2,1-3H3. The minimum Gasteiger partial charge on any atom is -0.312 e. The van der Waals surface area contributed by atoms with Gasteiger partial charge in [0.1, 0.15) is 0 Å². The number of likely N-dealkylation sites (tertiary alicyclic amines) is 1. The molecular weight excluding hydrogens is 256 g/mol. The van der Waals surface area contributed by atoms with Gasteiger partial charge in [-0.3, -0.25) is 4.90 Å². The smallest absolute Gasteiger partial charge is 0.0331 e. The highest BCUT2D eigenvalue weighted by Crippen LogP contribution is 2.35. The molecule has 0 aromatic rings. The van der Waals surface area contributed by atoms with Crippen molar-refractivity contribution in [2.45, 2.75) is 96.6 Å². The van der Waals surface area contributed by atoms with Crippen molar-refractivity contribution in [2.24, 2.45) is 5.92 Å². The Hall–Kier alpha value is -0.0800. The highest BCUT2D eigenvalue weighted by Gasteiger charge is 2.39. The van der Waals surface area contributed by atoms with E-state index in [1.807, 2.05) is 0 Å². The van der Waals surface area contributed by atoms with Crippen molar-refractivity contribution in [2.75, 3.05) is 19.6 Å². The van der Waals surface area contributed by atoms with Crippen LogP contribution in [0.15, 0.2) is 0 Å². The number of nitrogens with one attached hydrogen (secondary N) is 1. The van der Waals surface area contributed by atoms with Crippen LogP contribution >= 0.6 is 0 Å². The summed E-state index contributed by atoms with van der Waals surface area (Å²) in [5, 5.41) is 3.94. The zero-order chi connectivity index (χ0) is 15.1. The van der Waals surface area contributed by atoms with Crippen molar-refractivity contribution in [3.8, 4) is 0 Å². The lowest BCUT2D eigenvalue weighted by molar-refractivity contribution is 0.0351. The van der Waals surface area contributed by atoms with Gasteiger partial charge in [-0.2, -0.15) is 0 Å². The van der Waals surface area contributed by atoms with Crippen molar-refractivity contribution in [3.05, 3.63) is 0 Å². The third kappa shape index (κ3) is 4.45. The predicted octanol–water partition coefficient (Wildman–Crippen LogP) is 4.59. The van der Waals surface area contributed by atoms with Crippen LogP contribution in [-0.4, -0.2) is 36.1 Å². The fourth-order valence-corrected chi connectivity index (χ4v) is 4.55. The summed E-state index contributed by atoms with van der Waals surface area (Å²) < 4.78 is 0. The Morgan fingerprint density at radius 1 is 1.05 bits per heavy atom. The first-order chi connectivity index (χ1) is 10.2. The number of hydrogen-bond acceptors (Lipinski definition) is 2. The molecule has 1 heterocycles. The summed E-state index contributed by atoms with van der Waals surface area (Å²) in [6.45, 7) is 11.1. The van der Waals surface area contributed by atoms with Crippen molar-refractivity contribution in [1.82, 2.24) is 10.2 Å². The van der Waals surface area contributed by atoms with E-state index in [0.29, 0.717) is 11.6 Å². The molecule has 2 rings (SSSR count). The zero-order valence-corrected chi connectivity index (χ0v) is 14.8. The lowest BCUT2D eigenvalue weighted by Crippen LogP contribution is -2.61. The van der Waals surface area contributed by atoms with Crippen LogP contribution in [-0.2, 0) is 0 Å². The molecule has 1 aliphatic heterocycles. The first-order valence-electron chi connectivity index (χ1n) is 9.69. The minimum atomic E-state index is 0.359. The molecule has 0 radical (unpaired) electrons. The van der Waals surface area contributed by atoms with Crippen molar-refractivity contribution in [1.29, 1.82) is 0 Å². The van der Waals surface area contributed by atoms with Gasteiger partial charge in [-0.1, -0.05) is 46.0 Å². The molecule has 2 atom stereocenters.